The monoisotopic (exact) mass is 226 g/mol. The van der Waals surface area contributed by atoms with Gasteiger partial charge in [0.25, 0.3) is 0 Å². The second kappa shape index (κ2) is 5.60. The molecule has 0 heterocycles. The van der Waals surface area contributed by atoms with Crippen LogP contribution in [0.2, 0.25) is 0 Å². The lowest BCUT2D eigenvalue weighted by molar-refractivity contribution is -0.0696. The summed E-state index contributed by atoms with van der Waals surface area (Å²) in [6, 6.07) is 6.92. The zero-order valence-electron chi connectivity index (χ0n) is 9.06. The molecule has 1 aromatic carbocycles. The maximum atomic E-state index is 11.8. The Bertz CT molecular complexity index is 376. The van der Waals surface area contributed by atoms with Crippen molar-refractivity contribution in [2.24, 2.45) is 0 Å². The SMILES string of the molecule is CCCCc1ccc(C#CC(F)(F)F)cc1. The Balaban J connectivity index is 2.67. The molecule has 16 heavy (non-hydrogen) atoms. The fourth-order valence-corrected chi connectivity index (χ4v) is 1.28. The Morgan fingerprint density at radius 2 is 1.75 bits per heavy atom. The van der Waals surface area contributed by atoms with Gasteiger partial charge in [-0.1, -0.05) is 31.4 Å². The van der Waals surface area contributed by atoms with E-state index in [0.29, 0.717) is 5.56 Å². The van der Waals surface area contributed by atoms with E-state index in [-0.39, 0.29) is 0 Å². The first-order chi connectivity index (χ1) is 7.51. The number of unbranched alkanes of at least 4 members (excludes halogenated alkanes) is 1. The van der Waals surface area contributed by atoms with Gasteiger partial charge in [-0.2, -0.15) is 13.2 Å². The second-order valence-corrected chi connectivity index (χ2v) is 3.55. The van der Waals surface area contributed by atoms with Crippen LogP contribution in [0.25, 0.3) is 0 Å². The molecule has 0 amide bonds. The molecule has 0 radical (unpaired) electrons. The third-order valence-electron chi connectivity index (χ3n) is 2.12. The first-order valence-corrected chi connectivity index (χ1v) is 5.20. The molecule has 0 spiro atoms. The number of alkyl halides is 3. The van der Waals surface area contributed by atoms with Crippen LogP contribution in [-0.2, 0) is 6.42 Å². The first-order valence-electron chi connectivity index (χ1n) is 5.20. The third-order valence-corrected chi connectivity index (χ3v) is 2.12. The summed E-state index contributed by atoms with van der Waals surface area (Å²) in [6.45, 7) is 2.10. The molecule has 0 aliphatic carbocycles. The fraction of sp³-hybridized carbons (Fsp3) is 0.385. The van der Waals surface area contributed by atoms with Crippen molar-refractivity contribution < 1.29 is 13.2 Å². The van der Waals surface area contributed by atoms with Gasteiger partial charge in [-0.3, -0.25) is 0 Å². The van der Waals surface area contributed by atoms with Gasteiger partial charge >= 0.3 is 6.18 Å². The minimum Gasteiger partial charge on any atom is -0.159 e. The van der Waals surface area contributed by atoms with Gasteiger partial charge in [0.1, 0.15) is 0 Å². The van der Waals surface area contributed by atoms with Crippen LogP contribution in [0.1, 0.15) is 30.9 Å². The molecule has 0 nitrogen and oxygen atoms in total. The highest BCUT2D eigenvalue weighted by Crippen LogP contribution is 2.13. The van der Waals surface area contributed by atoms with Crippen molar-refractivity contribution >= 4 is 0 Å². The number of hydrogen-bond donors (Lipinski definition) is 0. The summed E-state index contributed by atoms with van der Waals surface area (Å²) in [5, 5.41) is 0. The predicted octanol–water partition coefficient (Wildman–Crippen LogP) is 3.94. The van der Waals surface area contributed by atoms with E-state index in [1.165, 1.54) is 5.92 Å². The maximum Gasteiger partial charge on any atom is 0.458 e. The molecule has 1 aromatic rings. The number of halogens is 3. The van der Waals surface area contributed by atoms with E-state index >= 15 is 0 Å². The zero-order valence-corrected chi connectivity index (χ0v) is 9.06. The normalized spacial score (nSPS) is 10.8. The van der Waals surface area contributed by atoms with E-state index < -0.39 is 6.18 Å². The van der Waals surface area contributed by atoms with Crippen LogP contribution in [0.15, 0.2) is 24.3 Å². The van der Waals surface area contributed by atoms with Gasteiger partial charge < -0.3 is 0 Å². The molecule has 0 aromatic heterocycles. The van der Waals surface area contributed by atoms with Gasteiger partial charge in [0.2, 0.25) is 0 Å². The average molecular weight is 226 g/mol. The van der Waals surface area contributed by atoms with Gasteiger partial charge in [0.05, 0.1) is 0 Å². The van der Waals surface area contributed by atoms with Crippen molar-refractivity contribution in [1.29, 1.82) is 0 Å². The van der Waals surface area contributed by atoms with Gasteiger partial charge in [0.15, 0.2) is 0 Å². The molecule has 0 bridgehead atoms. The highest BCUT2D eigenvalue weighted by Gasteiger charge is 2.22. The van der Waals surface area contributed by atoms with Crippen molar-refractivity contribution in [1.82, 2.24) is 0 Å². The Morgan fingerprint density at radius 3 is 2.25 bits per heavy atom. The smallest absolute Gasteiger partial charge is 0.159 e. The predicted molar refractivity (Wildman–Crippen MR) is 58.0 cm³/mol. The largest absolute Gasteiger partial charge is 0.458 e. The van der Waals surface area contributed by atoms with E-state index in [9.17, 15) is 13.2 Å². The standard InChI is InChI=1S/C13H13F3/c1-2-3-4-11-5-7-12(8-6-11)9-10-13(14,15)16/h5-8H,2-4H2,1H3. The van der Waals surface area contributed by atoms with Gasteiger partial charge in [-0.05, 0) is 30.5 Å². The molecule has 1 rings (SSSR count). The third kappa shape index (κ3) is 4.88. The fourth-order valence-electron chi connectivity index (χ4n) is 1.28. The summed E-state index contributed by atoms with van der Waals surface area (Å²) < 4.78 is 35.4. The van der Waals surface area contributed by atoms with Crippen LogP contribution in [0.4, 0.5) is 13.2 Å². The van der Waals surface area contributed by atoms with Crippen molar-refractivity contribution in [3.8, 4) is 11.8 Å². The average Bonchev–Trinajstić information content (AvgIpc) is 2.24. The van der Waals surface area contributed by atoms with Gasteiger partial charge in [-0.15, -0.1) is 0 Å². The summed E-state index contributed by atoms with van der Waals surface area (Å²) in [5.74, 6) is 3.34. The first kappa shape index (κ1) is 12.6. The highest BCUT2D eigenvalue weighted by molar-refractivity contribution is 5.36. The lowest BCUT2D eigenvalue weighted by atomic mass is 10.1. The Morgan fingerprint density at radius 1 is 1.12 bits per heavy atom. The summed E-state index contributed by atoms with van der Waals surface area (Å²) in [5.41, 5.74) is 1.54. The molecule has 0 saturated carbocycles. The quantitative estimate of drug-likeness (QED) is 0.685. The molecule has 0 N–H and O–H groups in total. The Labute approximate surface area is 93.5 Å². The second-order valence-electron chi connectivity index (χ2n) is 3.55. The summed E-state index contributed by atoms with van der Waals surface area (Å²) in [6.07, 6.45) is -1.26. The van der Waals surface area contributed by atoms with E-state index in [1.807, 2.05) is 12.1 Å². The van der Waals surface area contributed by atoms with Crippen molar-refractivity contribution in [3.63, 3.8) is 0 Å². The van der Waals surface area contributed by atoms with Crippen molar-refractivity contribution in [3.05, 3.63) is 35.4 Å². The molecule has 0 unspecified atom stereocenters. The topological polar surface area (TPSA) is 0 Å². The van der Waals surface area contributed by atoms with E-state index in [0.717, 1.165) is 24.8 Å². The molecule has 0 aliphatic heterocycles. The molecule has 3 heteroatoms. The molecule has 0 atom stereocenters. The molecule has 0 saturated heterocycles. The highest BCUT2D eigenvalue weighted by atomic mass is 19.4. The van der Waals surface area contributed by atoms with Crippen LogP contribution in [0.3, 0.4) is 0 Å². The number of rotatable bonds is 3. The lowest BCUT2D eigenvalue weighted by Crippen LogP contribution is -2.01. The summed E-state index contributed by atoms with van der Waals surface area (Å²) >= 11 is 0. The Hall–Kier alpha value is -1.43. The zero-order chi connectivity index (χ0) is 12.0. The summed E-state index contributed by atoms with van der Waals surface area (Å²) in [7, 11) is 0. The maximum absolute atomic E-state index is 11.8. The number of aryl methyl sites for hydroxylation is 1. The van der Waals surface area contributed by atoms with E-state index in [2.05, 4.69) is 12.8 Å². The van der Waals surface area contributed by atoms with Gasteiger partial charge in [-0.25, -0.2) is 0 Å². The number of hydrogen-bond acceptors (Lipinski definition) is 0. The van der Waals surface area contributed by atoms with Crippen molar-refractivity contribution in [2.75, 3.05) is 0 Å². The van der Waals surface area contributed by atoms with Crippen LogP contribution >= 0.6 is 0 Å². The van der Waals surface area contributed by atoms with Gasteiger partial charge in [0, 0.05) is 11.5 Å². The molecule has 0 fully saturated rings. The van der Waals surface area contributed by atoms with Crippen LogP contribution in [-0.4, -0.2) is 6.18 Å². The molecular formula is C13H13F3. The number of benzene rings is 1. The van der Waals surface area contributed by atoms with E-state index in [4.69, 9.17) is 0 Å². The van der Waals surface area contributed by atoms with E-state index in [1.54, 1.807) is 12.1 Å². The molecular weight excluding hydrogens is 213 g/mol. The van der Waals surface area contributed by atoms with Crippen LogP contribution < -0.4 is 0 Å². The van der Waals surface area contributed by atoms with Crippen LogP contribution in [0.5, 0.6) is 0 Å². The minimum atomic E-state index is -4.42. The minimum absolute atomic E-state index is 0.401. The Kier molecular flexibility index (Phi) is 4.42. The summed E-state index contributed by atoms with van der Waals surface area (Å²) in [4.78, 5) is 0. The van der Waals surface area contributed by atoms with Crippen molar-refractivity contribution in [2.45, 2.75) is 32.4 Å². The lowest BCUT2D eigenvalue weighted by Gasteiger charge is -1.99. The molecule has 0 aliphatic rings. The molecule has 86 valence electrons. The van der Waals surface area contributed by atoms with Crippen LogP contribution in [0, 0.1) is 11.8 Å².